The zero-order valence-electron chi connectivity index (χ0n) is 17.0. The Labute approximate surface area is 179 Å². The van der Waals surface area contributed by atoms with Crippen LogP contribution in [0.5, 0.6) is 6.01 Å². The molecule has 0 bridgehead atoms. The molecule has 1 heterocycles. The van der Waals surface area contributed by atoms with Crippen molar-refractivity contribution >= 4 is 11.6 Å². The van der Waals surface area contributed by atoms with E-state index in [-0.39, 0.29) is 17.7 Å². The predicted molar refractivity (Wildman–Crippen MR) is 117 cm³/mol. The Hall–Kier alpha value is -4.00. The number of aromatic nitrogens is 3. The van der Waals surface area contributed by atoms with Crippen LogP contribution in [0.3, 0.4) is 0 Å². The fraction of sp³-hybridized carbons (Fsp3) is 0.125. The third-order valence-electron chi connectivity index (χ3n) is 4.55. The van der Waals surface area contributed by atoms with Crippen molar-refractivity contribution in [3.05, 3.63) is 90.2 Å². The van der Waals surface area contributed by atoms with Crippen molar-refractivity contribution in [2.75, 3.05) is 11.9 Å². The van der Waals surface area contributed by atoms with E-state index in [0.717, 1.165) is 5.56 Å². The topological polar surface area (TPSA) is 69.0 Å². The number of nitrogens with zero attached hydrogens (tertiary/aromatic N) is 3. The van der Waals surface area contributed by atoms with Crippen LogP contribution in [0.4, 0.5) is 10.1 Å². The summed E-state index contributed by atoms with van der Waals surface area (Å²) in [7, 11) is 0. The quantitative estimate of drug-likeness (QED) is 0.476. The molecule has 0 aliphatic heterocycles. The van der Waals surface area contributed by atoms with Crippen LogP contribution in [0.2, 0.25) is 0 Å². The molecule has 0 aliphatic rings. The van der Waals surface area contributed by atoms with Crippen molar-refractivity contribution in [2.45, 2.75) is 13.3 Å². The number of nitrogens with one attached hydrogen (secondary N) is 1. The van der Waals surface area contributed by atoms with E-state index < -0.39 is 0 Å². The first-order valence-electron chi connectivity index (χ1n) is 9.92. The first-order chi connectivity index (χ1) is 15.1. The molecular weight excluding hydrogens is 395 g/mol. The van der Waals surface area contributed by atoms with E-state index in [4.69, 9.17) is 4.74 Å². The van der Waals surface area contributed by atoms with Crippen LogP contribution in [0.1, 0.15) is 12.5 Å². The molecule has 0 saturated carbocycles. The lowest BCUT2D eigenvalue weighted by molar-refractivity contribution is -0.115. The molecule has 156 valence electrons. The first kappa shape index (κ1) is 20.3. The van der Waals surface area contributed by atoms with Gasteiger partial charge in [-0.15, -0.1) is 5.10 Å². The van der Waals surface area contributed by atoms with E-state index >= 15 is 0 Å². The second kappa shape index (κ2) is 9.21. The molecule has 0 atom stereocenters. The number of ether oxygens (including phenoxy) is 1. The highest BCUT2D eigenvalue weighted by atomic mass is 19.1. The zero-order valence-corrected chi connectivity index (χ0v) is 17.0. The minimum atomic E-state index is -0.360. The lowest BCUT2D eigenvalue weighted by Crippen LogP contribution is -2.14. The molecule has 7 heteroatoms. The summed E-state index contributed by atoms with van der Waals surface area (Å²) in [6, 6.07) is 23.1. The SMILES string of the molecule is CCOc1nc(-c2cccc(F)c2)n(-c2ccc(NC(=O)Cc3ccccc3)cc2)n1. The summed E-state index contributed by atoms with van der Waals surface area (Å²) in [5.74, 6) is 0.00378. The number of benzene rings is 3. The molecule has 0 unspecified atom stereocenters. The molecule has 0 aliphatic carbocycles. The second-order valence-corrected chi connectivity index (χ2v) is 6.83. The van der Waals surface area contributed by atoms with Gasteiger partial charge in [-0.05, 0) is 48.9 Å². The second-order valence-electron chi connectivity index (χ2n) is 6.83. The summed E-state index contributed by atoms with van der Waals surface area (Å²) in [6.45, 7) is 2.26. The maximum atomic E-state index is 13.7. The van der Waals surface area contributed by atoms with E-state index in [9.17, 15) is 9.18 Å². The average molecular weight is 416 g/mol. The first-order valence-corrected chi connectivity index (χ1v) is 9.92. The molecule has 0 radical (unpaired) electrons. The van der Waals surface area contributed by atoms with E-state index in [1.807, 2.05) is 49.4 Å². The molecule has 1 N–H and O–H groups in total. The molecule has 6 nitrogen and oxygen atoms in total. The zero-order chi connectivity index (χ0) is 21.6. The Morgan fingerprint density at radius 1 is 1.03 bits per heavy atom. The monoisotopic (exact) mass is 416 g/mol. The third-order valence-corrected chi connectivity index (χ3v) is 4.55. The minimum absolute atomic E-state index is 0.0983. The molecule has 1 aromatic heterocycles. The van der Waals surface area contributed by atoms with Crippen molar-refractivity contribution in [3.63, 3.8) is 0 Å². The van der Waals surface area contributed by atoms with E-state index in [2.05, 4.69) is 15.4 Å². The molecule has 31 heavy (non-hydrogen) atoms. The molecule has 0 saturated heterocycles. The highest BCUT2D eigenvalue weighted by molar-refractivity contribution is 5.92. The van der Waals surface area contributed by atoms with Gasteiger partial charge >= 0.3 is 6.01 Å². The van der Waals surface area contributed by atoms with Gasteiger partial charge in [-0.3, -0.25) is 4.79 Å². The van der Waals surface area contributed by atoms with Crippen molar-refractivity contribution in [1.82, 2.24) is 14.8 Å². The van der Waals surface area contributed by atoms with Crippen molar-refractivity contribution < 1.29 is 13.9 Å². The normalized spacial score (nSPS) is 10.6. The summed E-state index contributed by atoms with van der Waals surface area (Å²) < 4.78 is 20.8. The standard InChI is InChI=1S/C24H21FN4O2/c1-2-31-24-27-23(18-9-6-10-19(25)16-18)29(28-24)21-13-11-20(12-14-21)26-22(30)15-17-7-4-3-5-8-17/h3-14,16H,2,15H2,1H3,(H,26,30). The van der Waals surface area contributed by atoms with E-state index in [1.165, 1.54) is 12.1 Å². The van der Waals surface area contributed by atoms with Crippen LogP contribution in [-0.2, 0) is 11.2 Å². The van der Waals surface area contributed by atoms with Gasteiger partial charge in [0.15, 0.2) is 5.82 Å². The molecule has 0 spiro atoms. The fourth-order valence-corrected chi connectivity index (χ4v) is 3.15. The van der Waals surface area contributed by atoms with Gasteiger partial charge in [0.05, 0.1) is 18.7 Å². The predicted octanol–water partition coefficient (Wildman–Crippen LogP) is 4.65. The van der Waals surface area contributed by atoms with Gasteiger partial charge in [0.1, 0.15) is 5.82 Å². The number of amides is 1. The van der Waals surface area contributed by atoms with Gasteiger partial charge in [-0.2, -0.15) is 4.98 Å². The largest absolute Gasteiger partial charge is 0.463 e. The lowest BCUT2D eigenvalue weighted by Gasteiger charge is -2.09. The number of halogens is 1. The molecule has 0 fully saturated rings. The lowest BCUT2D eigenvalue weighted by atomic mass is 10.1. The van der Waals surface area contributed by atoms with Crippen molar-refractivity contribution in [1.29, 1.82) is 0 Å². The maximum absolute atomic E-state index is 13.7. The van der Waals surface area contributed by atoms with Crippen LogP contribution < -0.4 is 10.1 Å². The van der Waals surface area contributed by atoms with Gasteiger partial charge in [-0.1, -0.05) is 42.5 Å². The van der Waals surface area contributed by atoms with Crippen molar-refractivity contribution in [2.24, 2.45) is 0 Å². The molecular formula is C24H21FN4O2. The highest BCUT2D eigenvalue weighted by Crippen LogP contribution is 2.25. The molecule has 4 aromatic rings. The van der Waals surface area contributed by atoms with Crippen LogP contribution in [0.25, 0.3) is 17.1 Å². The van der Waals surface area contributed by atoms with Crippen LogP contribution in [0.15, 0.2) is 78.9 Å². The van der Waals surface area contributed by atoms with Crippen molar-refractivity contribution in [3.8, 4) is 23.1 Å². The van der Waals surface area contributed by atoms with Crippen LogP contribution in [0, 0.1) is 5.82 Å². The number of anilines is 1. The number of carbonyl (C=O) groups excluding carboxylic acids is 1. The summed E-state index contributed by atoms with van der Waals surface area (Å²) in [5, 5.41) is 7.29. The third kappa shape index (κ3) is 4.95. The Morgan fingerprint density at radius 2 is 1.81 bits per heavy atom. The number of hydrogen-bond donors (Lipinski definition) is 1. The molecule has 1 amide bonds. The summed E-state index contributed by atoms with van der Waals surface area (Å²) in [6.07, 6.45) is 0.299. The Balaban J connectivity index is 1.56. The Kier molecular flexibility index (Phi) is 6.03. The summed E-state index contributed by atoms with van der Waals surface area (Å²) in [5.41, 5.74) is 2.90. The van der Waals surface area contributed by atoms with Gasteiger partial charge in [0.2, 0.25) is 5.91 Å². The van der Waals surface area contributed by atoms with Crippen LogP contribution >= 0.6 is 0 Å². The van der Waals surface area contributed by atoms with Gasteiger partial charge in [0, 0.05) is 11.3 Å². The molecule has 3 aromatic carbocycles. The Morgan fingerprint density at radius 3 is 2.52 bits per heavy atom. The average Bonchev–Trinajstić information content (AvgIpc) is 3.19. The van der Waals surface area contributed by atoms with E-state index in [0.29, 0.717) is 35.8 Å². The van der Waals surface area contributed by atoms with Gasteiger partial charge in [0.25, 0.3) is 0 Å². The summed E-state index contributed by atoms with van der Waals surface area (Å²) >= 11 is 0. The number of hydrogen-bond acceptors (Lipinski definition) is 4. The summed E-state index contributed by atoms with van der Waals surface area (Å²) in [4.78, 5) is 16.7. The molecule has 4 rings (SSSR count). The van der Waals surface area contributed by atoms with Gasteiger partial charge < -0.3 is 10.1 Å². The number of rotatable bonds is 7. The smallest absolute Gasteiger partial charge is 0.336 e. The van der Waals surface area contributed by atoms with E-state index in [1.54, 1.807) is 28.9 Å². The highest BCUT2D eigenvalue weighted by Gasteiger charge is 2.15. The maximum Gasteiger partial charge on any atom is 0.336 e. The number of carbonyl (C=O) groups is 1. The van der Waals surface area contributed by atoms with Gasteiger partial charge in [-0.25, -0.2) is 9.07 Å². The minimum Gasteiger partial charge on any atom is -0.463 e. The van der Waals surface area contributed by atoms with Crippen LogP contribution in [-0.4, -0.2) is 27.3 Å². The fourth-order valence-electron chi connectivity index (χ4n) is 3.15. The Bertz CT molecular complexity index is 1170.